The first-order chi connectivity index (χ1) is 15.7. The first kappa shape index (κ1) is 19.8. The van der Waals surface area contributed by atoms with Crippen LogP contribution in [0.15, 0.2) is 67.0 Å². The topological polar surface area (TPSA) is 89.7 Å². The monoisotopic (exact) mass is 424 g/mol. The van der Waals surface area contributed by atoms with E-state index in [4.69, 9.17) is 0 Å². The number of H-pyrrole nitrogens is 2. The van der Waals surface area contributed by atoms with Gasteiger partial charge in [0.15, 0.2) is 0 Å². The number of carbonyl (C=O) groups excluding carboxylic acids is 1. The molecule has 0 atom stereocenters. The molecular formula is C25H24N6O. The van der Waals surface area contributed by atoms with E-state index >= 15 is 0 Å². The molecule has 3 N–H and O–H groups in total. The molecule has 2 aromatic carbocycles. The molecule has 0 spiro atoms. The van der Waals surface area contributed by atoms with Gasteiger partial charge in [0.2, 0.25) is 0 Å². The highest BCUT2D eigenvalue weighted by Crippen LogP contribution is 2.34. The minimum absolute atomic E-state index is 0.251. The van der Waals surface area contributed by atoms with Crippen molar-refractivity contribution in [2.45, 2.75) is 13.8 Å². The van der Waals surface area contributed by atoms with Crippen LogP contribution in [0.5, 0.6) is 0 Å². The summed E-state index contributed by atoms with van der Waals surface area (Å²) in [5.41, 5.74) is 5.07. The largest absolute Gasteiger partial charge is 0.361 e. The van der Waals surface area contributed by atoms with Gasteiger partial charge in [0.1, 0.15) is 11.5 Å². The lowest BCUT2D eigenvalue weighted by molar-refractivity contribution is 0.102. The maximum Gasteiger partial charge on any atom is 0.274 e. The Morgan fingerprint density at radius 1 is 1.00 bits per heavy atom. The molecule has 0 aliphatic rings. The van der Waals surface area contributed by atoms with Crippen molar-refractivity contribution in [1.29, 1.82) is 0 Å². The Morgan fingerprint density at radius 2 is 1.84 bits per heavy atom. The number of hydrogen-bond donors (Lipinski definition) is 3. The van der Waals surface area contributed by atoms with E-state index in [1.807, 2.05) is 36.5 Å². The first-order valence-electron chi connectivity index (χ1n) is 10.7. The molecule has 7 nitrogen and oxygen atoms in total. The van der Waals surface area contributed by atoms with Gasteiger partial charge in [-0.05, 0) is 61.4 Å². The Bertz CT molecular complexity index is 1410. The number of benzene rings is 2. The predicted octanol–water partition coefficient (Wildman–Crippen LogP) is 5.20. The molecule has 0 aliphatic heterocycles. The number of amides is 1. The Hall–Kier alpha value is -4.13. The van der Waals surface area contributed by atoms with Crippen molar-refractivity contribution < 1.29 is 4.79 Å². The summed E-state index contributed by atoms with van der Waals surface area (Å²) < 4.78 is 0. The van der Waals surface area contributed by atoms with Crippen LogP contribution in [-0.2, 0) is 0 Å². The fourth-order valence-electron chi connectivity index (χ4n) is 4.11. The van der Waals surface area contributed by atoms with Crippen molar-refractivity contribution in [1.82, 2.24) is 20.2 Å². The van der Waals surface area contributed by atoms with Crippen molar-refractivity contribution in [3.63, 3.8) is 0 Å². The molecule has 5 rings (SSSR count). The SMILES string of the molecule is CCN(CC)c1cccc(C(=O)Nc2cc(-c3cccc4[nH]ccc34)cc3[nH]ncc23)n1. The van der Waals surface area contributed by atoms with Crippen LogP contribution in [0, 0.1) is 0 Å². The fourth-order valence-corrected chi connectivity index (χ4v) is 4.11. The summed E-state index contributed by atoms with van der Waals surface area (Å²) >= 11 is 0. The van der Waals surface area contributed by atoms with E-state index in [1.54, 1.807) is 12.3 Å². The molecule has 3 aromatic heterocycles. The first-order valence-corrected chi connectivity index (χ1v) is 10.7. The van der Waals surface area contributed by atoms with E-state index in [1.165, 1.54) is 0 Å². The van der Waals surface area contributed by atoms with Gasteiger partial charge in [-0.3, -0.25) is 9.89 Å². The van der Waals surface area contributed by atoms with Crippen molar-refractivity contribution in [2.75, 3.05) is 23.3 Å². The summed E-state index contributed by atoms with van der Waals surface area (Å²) in [4.78, 5) is 23.1. The van der Waals surface area contributed by atoms with Gasteiger partial charge < -0.3 is 15.2 Å². The average Bonchev–Trinajstić information content (AvgIpc) is 3.49. The van der Waals surface area contributed by atoms with Crippen LogP contribution in [0.4, 0.5) is 11.5 Å². The minimum atomic E-state index is -0.251. The normalized spacial score (nSPS) is 11.2. The molecule has 0 bridgehead atoms. The molecule has 0 radical (unpaired) electrons. The summed E-state index contributed by atoms with van der Waals surface area (Å²) in [5.74, 6) is 0.544. The lowest BCUT2D eigenvalue weighted by Gasteiger charge is -2.20. The van der Waals surface area contributed by atoms with E-state index in [9.17, 15) is 4.79 Å². The highest BCUT2D eigenvalue weighted by atomic mass is 16.1. The third-order valence-electron chi connectivity index (χ3n) is 5.77. The Kier molecular flexibility index (Phi) is 5.07. The molecular weight excluding hydrogens is 400 g/mol. The van der Waals surface area contributed by atoms with Crippen LogP contribution in [0.2, 0.25) is 0 Å². The zero-order valence-corrected chi connectivity index (χ0v) is 18.0. The van der Waals surface area contributed by atoms with Crippen molar-refractivity contribution >= 4 is 39.2 Å². The molecule has 7 heteroatoms. The molecule has 160 valence electrons. The molecule has 0 fully saturated rings. The quantitative estimate of drug-likeness (QED) is 0.349. The minimum Gasteiger partial charge on any atom is -0.361 e. The molecule has 0 saturated carbocycles. The third kappa shape index (κ3) is 3.47. The van der Waals surface area contributed by atoms with Gasteiger partial charge in [0.25, 0.3) is 5.91 Å². The number of anilines is 2. The third-order valence-corrected chi connectivity index (χ3v) is 5.77. The summed E-state index contributed by atoms with van der Waals surface area (Å²) in [7, 11) is 0. The van der Waals surface area contributed by atoms with E-state index < -0.39 is 0 Å². The van der Waals surface area contributed by atoms with Gasteiger partial charge in [-0.25, -0.2) is 4.98 Å². The number of pyridine rings is 1. The summed E-state index contributed by atoms with van der Waals surface area (Å²) in [6.07, 6.45) is 3.66. The molecule has 32 heavy (non-hydrogen) atoms. The van der Waals surface area contributed by atoms with Crippen LogP contribution in [0.1, 0.15) is 24.3 Å². The van der Waals surface area contributed by atoms with Gasteiger partial charge in [0, 0.05) is 35.6 Å². The zero-order chi connectivity index (χ0) is 22.1. The Labute approximate surface area is 185 Å². The maximum absolute atomic E-state index is 13.1. The molecule has 1 amide bonds. The fraction of sp³-hybridized carbons (Fsp3) is 0.160. The second kappa shape index (κ2) is 8.19. The van der Waals surface area contributed by atoms with Crippen LogP contribution >= 0.6 is 0 Å². The number of nitrogens with one attached hydrogen (secondary N) is 3. The van der Waals surface area contributed by atoms with Crippen molar-refractivity contribution in [2.24, 2.45) is 0 Å². The number of rotatable bonds is 6. The zero-order valence-electron chi connectivity index (χ0n) is 18.0. The molecule has 3 heterocycles. The standard InChI is InChI=1S/C25H24N6O/c1-3-31(4-2)24-10-6-9-21(28-24)25(32)29-22-13-16(14-23-19(22)15-27-30-23)17-7-5-8-20-18(17)11-12-26-20/h5-15,26H,3-4H2,1-2H3,(H,27,30)(H,29,32). The van der Waals surface area contributed by atoms with Gasteiger partial charge in [-0.1, -0.05) is 18.2 Å². The van der Waals surface area contributed by atoms with E-state index in [-0.39, 0.29) is 5.91 Å². The van der Waals surface area contributed by atoms with Gasteiger partial charge >= 0.3 is 0 Å². The van der Waals surface area contributed by atoms with E-state index in [2.05, 4.69) is 62.4 Å². The number of nitrogens with zero attached hydrogens (tertiary/aromatic N) is 3. The average molecular weight is 425 g/mol. The van der Waals surface area contributed by atoms with Crippen molar-refractivity contribution in [3.8, 4) is 11.1 Å². The van der Waals surface area contributed by atoms with Crippen LogP contribution < -0.4 is 10.2 Å². The van der Waals surface area contributed by atoms with Gasteiger partial charge in [0.05, 0.1) is 17.4 Å². The van der Waals surface area contributed by atoms with E-state index in [0.717, 1.165) is 51.8 Å². The molecule has 0 saturated heterocycles. The van der Waals surface area contributed by atoms with Gasteiger partial charge in [-0.2, -0.15) is 5.10 Å². The van der Waals surface area contributed by atoms with Crippen LogP contribution in [0.3, 0.4) is 0 Å². The highest BCUT2D eigenvalue weighted by molar-refractivity contribution is 6.09. The van der Waals surface area contributed by atoms with Crippen LogP contribution in [-0.4, -0.2) is 39.2 Å². The second-order valence-electron chi connectivity index (χ2n) is 7.61. The summed E-state index contributed by atoms with van der Waals surface area (Å²) in [6.45, 7) is 5.81. The highest BCUT2D eigenvalue weighted by Gasteiger charge is 2.15. The Balaban J connectivity index is 1.54. The summed E-state index contributed by atoms with van der Waals surface area (Å²) in [6, 6.07) is 17.8. The number of aromatic amines is 2. The predicted molar refractivity (Wildman–Crippen MR) is 129 cm³/mol. The smallest absolute Gasteiger partial charge is 0.274 e. The van der Waals surface area contributed by atoms with E-state index in [0.29, 0.717) is 11.4 Å². The molecule has 5 aromatic rings. The maximum atomic E-state index is 13.1. The van der Waals surface area contributed by atoms with Crippen LogP contribution in [0.25, 0.3) is 32.9 Å². The van der Waals surface area contributed by atoms with Gasteiger partial charge in [-0.15, -0.1) is 0 Å². The lowest BCUT2D eigenvalue weighted by Crippen LogP contribution is -2.24. The van der Waals surface area contributed by atoms with Crippen molar-refractivity contribution in [3.05, 3.63) is 72.7 Å². The number of fused-ring (bicyclic) bond motifs is 2. The molecule has 0 aliphatic carbocycles. The summed E-state index contributed by atoms with van der Waals surface area (Å²) in [5, 5.41) is 12.2. The lowest BCUT2D eigenvalue weighted by atomic mass is 9.99. The number of aromatic nitrogens is 4. The second-order valence-corrected chi connectivity index (χ2v) is 7.61. The molecule has 0 unspecified atom stereocenters. The number of carbonyl (C=O) groups is 1. The number of hydrogen-bond acceptors (Lipinski definition) is 4. The Morgan fingerprint density at radius 3 is 2.69 bits per heavy atom.